The van der Waals surface area contributed by atoms with Gasteiger partial charge in [0.15, 0.2) is 0 Å². The van der Waals surface area contributed by atoms with Crippen molar-refractivity contribution in [3.8, 4) is 5.75 Å². The van der Waals surface area contributed by atoms with Gasteiger partial charge in [0.2, 0.25) is 0 Å². The number of halogens is 1. The van der Waals surface area contributed by atoms with Crippen LogP contribution in [0.3, 0.4) is 0 Å². The molecule has 0 saturated carbocycles. The van der Waals surface area contributed by atoms with Gasteiger partial charge in [0, 0.05) is 29.2 Å². The Labute approximate surface area is 174 Å². The molecular weight excluding hydrogens is 392 g/mol. The number of hydrogen-bond donors (Lipinski definition) is 1. The molecule has 6 nitrogen and oxygen atoms in total. The van der Waals surface area contributed by atoms with Gasteiger partial charge < -0.3 is 19.6 Å². The fraction of sp³-hybridized carbons (Fsp3) is 0.273. The minimum atomic E-state index is -0.759. The Morgan fingerprint density at radius 1 is 1.17 bits per heavy atom. The van der Waals surface area contributed by atoms with Crippen LogP contribution in [0, 0.1) is 0 Å². The first kappa shape index (κ1) is 20.9. The number of ketones is 1. The average molecular weight is 415 g/mol. The molecule has 1 saturated heterocycles. The fourth-order valence-corrected chi connectivity index (χ4v) is 3.62. The Bertz CT molecular complexity index is 971. The molecule has 0 aliphatic carbocycles. The third kappa shape index (κ3) is 4.13. The zero-order valence-corrected chi connectivity index (χ0v) is 17.3. The van der Waals surface area contributed by atoms with Crippen LogP contribution in [0.25, 0.3) is 5.76 Å². The quantitative estimate of drug-likeness (QED) is 0.446. The first-order valence-corrected chi connectivity index (χ1v) is 9.55. The van der Waals surface area contributed by atoms with E-state index < -0.39 is 17.7 Å². The van der Waals surface area contributed by atoms with E-state index in [4.69, 9.17) is 16.3 Å². The third-order valence-corrected chi connectivity index (χ3v) is 5.09. The third-order valence-electron chi connectivity index (χ3n) is 4.86. The van der Waals surface area contributed by atoms with Gasteiger partial charge in [-0.05, 0) is 32.3 Å². The number of Topliss-reactive ketones (excluding diaryl/α,β-unsaturated/α-hetero) is 1. The Kier molecular flexibility index (Phi) is 6.25. The molecule has 2 aromatic rings. The van der Waals surface area contributed by atoms with Gasteiger partial charge in [-0.1, -0.05) is 41.9 Å². The molecule has 1 N–H and O–H groups in total. The number of para-hydroxylation sites is 1. The Morgan fingerprint density at radius 2 is 1.90 bits per heavy atom. The number of hydrogen-bond acceptors (Lipinski definition) is 5. The fourth-order valence-electron chi connectivity index (χ4n) is 3.43. The van der Waals surface area contributed by atoms with Crippen molar-refractivity contribution in [1.29, 1.82) is 0 Å². The molecule has 1 heterocycles. The summed E-state index contributed by atoms with van der Waals surface area (Å²) in [4.78, 5) is 29.2. The standard InChI is InChI=1S/C22H23ClN2O4/c1-24(2)11-12-25-19(16-9-4-5-10-17(16)29-3)18(21(27)22(25)28)20(26)14-7-6-8-15(23)13-14/h4-10,13,19,26H,11-12H2,1-3H3/b20-18-. The van der Waals surface area contributed by atoms with Crippen LogP contribution in [0.2, 0.25) is 5.02 Å². The molecule has 1 aliphatic heterocycles. The van der Waals surface area contributed by atoms with Crippen molar-refractivity contribution in [2.75, 3.05) is 34.3 Å². The first-order valence-electron chi connectivity index (χ1n) is 9.17. The monoisotopic (exact) mass is 414 g/mol. The predicted molar refractivity (Wildman–Crippen MR) is 112 cm³/mol. The molecule has 152 valence electrons. The average Bonchev–Trinajstić information content (AvgIpc) is 2.96. The van der Waals surface area contributed by atoms with E-state index in [9.17, 15) is 14.7 Å². The normalized spacial score (nSPS) is 18.5. The summed E-state index contributed by atoms with van der Waals surface area (Å²) in [5.74, 6) is -1.09. The second kappa shape index (κ2) is 8.68. The second-order valence-electron chi connectivity index (χ2n) is 7.05. The van der Waals surface area contributed by atoms with Gasteiger partial charge in [-0.25, -0.2) is 0 Å². The van der Waals surface area contributed by atoms with Gasteiger partial charge in [0.1, 0.15) is 11.5 Å². The van der Waals surface area contributed by atoms with Gasteiger partial charge >= 0.3 is 0 Å². The van der Waals surface area contributed by atoms with Crippen LogP contribution in [-0.4, -0.2) is 60.9 Å². The Balaban J connectivity index is 2.20. The number of ether oxygens (including phenoxy) is 1. The summed E-state index contributed by atoms with van der Waals surface area (Å²) in [5.41, 5.74) is 1.04. The van der Waals surface area contributed by atoms with Gasteiger partial charge in [0.05, 0.1) is 18.7 Å². The van der Waals surface area contributed by atoms with Crippen molar-refractivity contribution in [2.24, 2.45) is 0 Å². The molecule has 7 heteroatoms. The maximum absolute atomic E-state index is 12.9. The summed E-state index contributed by atoms with van der Waals surface area (Å²) >= 11 is 6.05. The van der Waals surface area contributed by atoms with E-state index in [1.807, 2.05) is 31.1 Å². The molecule has 1 fully saturated rings. The van der Waals surface area contributed by atoms with E-state index >= 15 is 0 Å². The first-order chi connectivity index (χ1) is 13.8. The van der Waals surface area contributed by atoms with Crippen molar-refractivity contribution < 1.29 is 19.4 Å². The van der Waals surface area contributed by atoms with Crippen LogP contribution in [0.1, 0.15) is 17.2 Å². The van der Waals surface area contributed by atoms with E-state index in [0.29, 0.717) is 35.0 Å². The second-order valence-corrected chi connectivity index (χ2v) is 7.48. The lowest BCUT2D eigenvalue weighted by Gasteiger charge is -2.27. The highest BCUT2D eigenvalue weighted by molar-refractivity contribution is 6.46. The SMILES string of the molecule is COc1ccccc1C1/C(=C(/O)c2cccc(Cl)c2)C(=O)C(=O)N1CCN(C)C. The van der Waals surface area contributed by atoms with Gasteiger partial charge in [-0.2, -0.15) is 0 Å². The molecule has 0 radical (unpaired) electrons. The number of carbonyl (C=O) groups excluding carboxylic acids is 2. The molecule has 29 heavy (non-hydrogen) atoms. The zero-order valence-electron chi connectivity index (χ0n) is 16.6. The lowest BCUT2D eigenvalue weighted by molar-refractivity contribution is -0.140. The molecule has 0 aromatic heterocycles. The van der Waals surface area contributed by atoms with Crippen LogP contribution in [-0.2, 0) is 9.59 Å². The number of nitrogens with zero attached hydrogens (tertiary/aromatic N) is 2. The minimum absolute atomic E-state index is 0.0283. The highest BCUT2D eigenvalue weighted by Crippen LogP contribution is 2.42. The lowest BCUT2D eigenvalue weighted by atomic mass is 9.94. The Hall–Kier alpha value is -2.83. The van der Waals surface area contributed by atoms with Crippen LogP contribution >= 0.6 is 11.6 Å². The topological polar surface area (TPSA) is 70.1 Å². The van der Waals surface area contributed by atoms with Crippen LogP contribution in [0.15, 0.2) is 54.1 Å². The molecule has 1 unspecified atom stereocenters. The van der Waals surface area contributed by atoms with Gasteiger partial charge in [-0.15, -0.1) is 0 Å². The number of carbonyl (C=O) groups is 2. The van der Waals surface area contributed by atoms with Crippen LogP contribution < -0.4 is 4.74 Å². The number of rotatable bonds is 6. The van der Waals surface area contributed by atoms with Crippen molar-refractivity contribution in [3.05, 3.63) is 70.3 Å². The molecule has 1 aliphatic rings. The molecular formula is C22H23ClN2O4. The molecule has 1 amide bonds. The summed E-state index contributed by atoms with van der Waals surface area (Å²) < 4.78 is 5.47. The highest BCUT2D eigenvalue weighted by atomic mass is 35.5. The van der Waals surface area contributed by atoms with E-state index in [1.165, 1.54) is 12.0 Å². The van der Waals surface area contributed by atoms with Crippen LogP contribution in [0.5, 0.6) is 5.75 Å². The molecule has 1 atom stereocenters. The van der Waals surface area contributed by atoms with E-state index in [-0.39, 0.29) is 11.3 Å². The summed E-state index contributed by atoms with van der Waals surface area (Å²) in [5, 5.41) is 11.4. The Morgan fingerprint density at radius 3 is 2.55 bits per heavy atom. The number of benzene rings is 2. The van der Waals surface area contributed by atoms with Crippen LogP contribution in [0.4, 0.5) is 0 Å². The van der Waals surface area contributed by atoms with Gasteiger partial charge in [0.25, 0.3) is 11.7 Å². The zero-order chi connectivity index (χ0) is 21.1. The number of aliphatic hydroxyl groups excluding tert-OH is 1. The molecule has 0 bridgehead atoms. The van der Waals surface area contributed by atoms with Crippen molar-refractivity contribution >= 4 is 29.1 Å². The number of likely N-dealkylation sites (tertiary alicyclic amines) is 1. The minimum Gasteiger partial charge on any atom is -0.507 e. The van der Waals surface area contributed by atoms with E-state index in [0.717, 1.165) is 0 Å². The van der Waals surface area contributed by atoms with E-state index in [1.54, 1.807) is 36.4 Å². The number of likely N-dealkylation sites (N-methyl/N-ethyl adjacent to an activating group) is 1. The maximum Gasteiger partial charge on any atom is 0.295 e. The largest absolute Gasteiger partial charge is 0.507 e. The van der Waals surface area contributed by atoms with E-state index in [2.05, 4.69) is 0 Å². The number of amides is 1. The lowest BCUT2D eigenvalue weighted by Crippen LogP contribution is -2.35. The summed E-state index contributed by atoms with van der Waals surface area (Å²) in [7, 11) is 5.31. The summed E-state index contributed by atoms with van der Waals surface area (Å²) in [6.07, 6.45) is 0. The smallest absolute Gasteiger partial charge is 0.295 e. The number of methoxy groups -OCH3 is 1. The molecule has 2 aromatic carbocycles. The van der Waals surface area contributed by atoms with Crippen molar-refractivity contribution in [2.45, 2.75) is 6.04 Å². The molecule has 3 rings (SSSR count). The predicted octanol–water partition coefficient (Wildman–Crippen LogP) is 3.33. The van der Waals surface area contributed by atoms with Crippen molar-refractivity contribution in [3.63, 3.8) is 0 Å². The summed E-state index contributed by atoms with van der Waals surface area (Å²) in [6, 6.07) is 13.0. The molecule has 0 spiro atoms. The highest BCUT2D eigenvalue weighted by Gasteiger charge is 2.46. The summed E-state index contributed by atoms with van der Waals surface area (Å²) in [6.45, 7) is 0.891. The van der Waals surface area contributed by atoms with Gasteiger partial charge in [-0.3, -0.25) is 9.59 Å². The maximum atomic E-state index is 12.9. The number of aliphatic hydroxyl groups is 1. The van der Waals surface area contributed by atoms with Crippen molar-refractivity contribution in [1.82, 2.24) is 9.80 Å².